The van der Waals surface area contributed by atoms with Gasteiger partial charge in [-0.2, -0.15) is 4.31 Å². The number of aromatic amines is 1. The molecule has 1 N–H and O–H groups in total. The van der Waals surface area contributed by atoms with Crippen LogP contribution in [0.4, 0.5) is 10.1 Å². The van der Waals surface area contributed by atoms with E-state index < -0.39 is 33.6 Å². The Morgan fingerprint density at radius 1 is 1.31 bits per heavy atom. The van der Waals surface area contributed by atoms with Crippen LogP contribution in [0.1, 0.15) is 47.0 Å². The molecule has 1 aromatic heterocycles. The molecule has 2 atom stereocenters. The van der Waals surface area contributed by atoms with Crippen LogP contribution in [0.5, 0.6) is 0 Å². The average molecular weight is 525 g/mol. The topological polar surface area (TPSA) is 109 Å². The lowest BCUT2D eigenvalue weighted by Gasteiger charge is -2.41. The normalized spacial score (nSPS) is 17.3. The second-order valence-corrected chi connectivity index (χ2v) is 10.9. The van der Waals surface area contributed by atoms with Crippen molar-refractivity contribution in [3.05, 3.63) is 73.8 Å². The number of methoxy groups -OCH3 is 1. The Labute approximate surface area is 207 Å². The summed E-state index contributed by atoms with van der Waals surface area (Å²) >= 11 is 6.26. The highest BCUT2D eigenvalue weighted by Gasteiger charge is 2.46. The van der Waals surface area contributed by atoms with Crippen molar-refractivity contribution in [2.75, 3.05) is 25.7 Å². The maximum Gasteiger partial charge on any atom is 0.434 e. The molecule has 0 spiro atoms. The third-order valence-corrected chi connectivity index (χ3v) is 8.59. The van der Waals surface area contributed by atoms with Crippen LogP contribution in [0, 0.1) is 19.7 Å². The van der Waals surface area contributed by atoms with Gasteiger partial charge in [-0.25, -0.2) is 22.7 Å². The van der Waals surface area contributed by atoms with Crippen molar-refractivity contribution in [3.63, 3.8) is 0 Å². The van der Waals surface area contributed by atoms with Crippen molar-refractivity contribution in [2.45, 2.75) is 44.2 Å². The van der Waals surface area contributed by atoms with Gasteiger partial charge in [0.25, 0.3) is 0 Å². The van der Waals surface area contributed by atoms with Crippen molar-refractivity contribution >= 4 is 27.3 Å². The predicted molar refractivity (Wildman–Crippen MR) is 129 cm³/mol. The fraction of sp³-hybridized carbons (Fsp3) is 0.391. The van der Waals surface area contributed by atoms with Gasteiger partial charge < -0.3 is 14.1 Å². The van der Waals surface area contributed by atoms with E-state index in [4.69, 9.17) is 20.8 Å². The summed E-state index contributed by atoms with van der Waals surface area (Å²) < 4.78 is 55.0. The van der Waals surface area contributed by atoms with Crippen molar-refractivity contribution in [2.24, 2.45) is 0 Å². The van der Waals surface area contributed by atoms with E-state index in [-0.39, 0.29) is 24.1 Å². The molecular weight excluding hydrogens is 499 g/mol. The van der Waals surface area contributed by atoms with Gasteiger partial charge in [0.15, 0.2) is 0 Å². The summed E-state index contributed by atoms with van der Waals surface area (Å²) in [5.74, 6) is -2.25. The van der Waals surface area contributed by atoms with Gasteiger partial charge in [-0.1, -0.05) is 24.6 Å². The van der Waals surface area contributed by atoms with E-state index in [1.54, 1.807) is 37.9 Å². The summed E-state index contributed by atoms with van der Waals surface area (Å²) in [6.45, 7) is 5.20. The average Bonchev–Trinajstić information content (AvgIpc) is 3.20. The van der Waals surface area contributed by atoms with Crippen LogP contribution in [0.15, 0.2) is 38.4 Å². The van der Waals surface area contributed by atoms with Crippen molar-refractivity contribution in [3.8, 4) is 0 Å². The molecule has 4 rings (SSSR count). The van der Waals surface area contributed by atoms with Gasteiger partial charge >= 0.3 is 5.76 Å². The number of ether oxygens (including phenoxy) is 1. The molecular formula is C23H26ClFN4O5S. The molecule has 0 bridgehead atoms. The Balaban J connectivity index is 1.95. The first-order chi connectivity index (χ1) is 16.5. The molecule has 1 aliphatic rings. The molecule has 0 saturated heterocycles. The fourth-order valence-corrected chi connectivity index (χ4v) is 6.96. The standard InChI is InChI=1S/C23H26ClFN4O5S/c1-12-6-7-17(25)19(13(12)2)14(3)20(22-26-27-23(30)34-22)29-11-28(4)18-9-16(24)8-15(10-33-5)21(18)35(29,31)32/h6-9,14,20H,10-11H2,1-5H3,(H,27,30)/t14-,20+/m1/s1. The van der Waals surface area contributed by atoms with Crippen LogP contribution in [-0.2, 0) is 21.4 Å². The lowest BCUT2D eigenvalue weighted by molar-refractivity contribution is 0.181. The van der Waals surface area contributed by atoms with Crippen LogP contribution in [-0.4, -0.2) is 43.7 Å². The molecule has 0 radical (unpaired) electrons. The number of hydrogen-bond donors (Lipinski definition) is 1. The number of aromatic nitrogens is 2. The number of nitrogens with one attached hydrogen (secondary N) is 1. The molecule has 0 fully saturated rings. The molecule has 188 valence electrons. The van der Waals surface area contributed by atoms with Crippen LogP contribution in [0.2, 0.25) is 5.02 Å². The first-order valence-corrected chi connectivity index (χ1v) is 12.6. The van der Waals surface area contributed by atoms with E-state index in [1.165, 1.54) is 23.5 Å². The summed E-state index contributed by atoms with van der Waals surface area (Å²) in [6.07, 6.45) is 0. The number of fused-ring (bicyclic) bond motifs is 1. The van der Waals surface area contributed by atoms with Crippen LogP contribution in [0.3, 0.4) is 0 Å². The highest BCUT2D eigenvalue weighted by atomic mass is 35.5. The smallest absolute Gasteiger partial charge is 0.391 e. The second-order valence-electron chi connectivity index (χ2n) is 8.67. The third-order valence-electron chi connectivity index (χ3n) is 6.42. The predicted octanol–water partition coefficient (Wildman–Crippen LogP) is 3.86. The number of rotatable bonds is 6. The summed E-state index contributed by atoms with van der Waals surface area (Å²) in [4.78, 5) is 13.6. The third kappa shape index (κ3) is 4.37. The molecule has 3 aromatic rings. The van der Waals surface area contributed by atoms with Gasteiger partial charge in [-0.15, -0.1) is 5.10 Å². The van der Waals surface area contributed by atoms with Crippen molar-refractivity contribution < 1.29 is 22.0 Å². The first-order valence-electron chi connectivity index (χ1n) is 10.8. The van der Waals surface area contributed by atoms with E-state index in [9.17, 15) is 13.2 Å². The first kappa shape index (κ1) is 25.4. The number of anilines is 1. The molecule has 0 aliphatic carbocycles. The van der Waals surface area contributed by atoms with Crippen LogP contribution >= 0.6 is 11.6 Å². The van der Waals surface area contributed by atoms with Gasteiger partial charge in [0.1, 0.15) is 16.8 Å². The lowest BCUT2D eigenvalue weighted by atomic mass is 9.87. The molecule has 0 saturated carbocycles. The summed E-state index contributed by atoms with van der Waals surface area (Å²) in [7, 11) is -1.03. The van der Waals surface area contributed by atoms with Gasteiger partial charge in [0.2, 0.25) is 15.9 Å². The van der Waals surface area contributed by atoms with Crippen LogP contribution < -0.4 is 10.7 Å². The van der Waals surface area contributed by atoms with Crippen LogP contribution in [0.25, 0.3) is 0 Å². The van der Waals surface area contributed by atoms with Gasteiger partial charge in [0.05, 0.1) is 19.0 Å². The maximum atomic E-state index is 15.1. The zero-order valence-electron chi connectivity index (χ0n) is 19.9. The number of nitrogens with zero attached hydrogens (tertiary/aromatic N) is 3. The minimum atomic E-state index is -4.20. The lowest BCUT2D eigenvalue weighted by Crippen LogP contribution is -2.48. The number of H-pyrrole nitrogens is 1. The largest absolute Gasteiger partial charge is 0.434 e. The zero-order chi connectivity index (χ0) is 25.7. The van der Waals surface area contributed by atoms with Crippen molar-refractivity contribution in [1.29, 1.82) is 0 Å². The second kappa shape index (κ2) is 9.38. The van der Waals surface area contributed by atoms with E-state index >= 15 is 4.39 Å². The number of hydrogen-bond acceptors (Lipinski definition) is 7. The summed E-state index contributed by atoms with van der Waals surface area (Å²) in [6, 6.07) is 4.98. The molecule has 9 nitrogen and oxygen atoms in total. The quantitative estimate of drug-likeness (QED) is 0.521. The molecule has 2 aromatic carbocycles. The SMILES string of the molecule is COCc1cc(Cl)cc2c1S(=O)(=O)N([C@H](c1n[nH]c(=O)o1)[C@H](C)c1c(F)ccc(C)c1C)CN2C. The van der Waals surface area contributed by atoms with Crippen molar-refractivity contribution in [1.82, 2.24) is 14.5 Å². The number of aryl methyl sites for hydroxylation is 1. The molecule has 35 heavy (non-hydrogen) atoms. The molecule has 0 amide bonds. The highest BCUT2D eigenvalue weighted by molar-refractivity contribution is 7.89. The fourth-order valence-electron chi connectivity index (χ4n) is 4.67. The monoisotopic (exact) mass is 524 g/mol. The number of benzene rings is 2. The Bertz CT molecular complexity index is 1440. The Kier molecular flexibility index (Phi) is 6.80. The maximum absolute atomic E-state index is 15.1. The molecule has 0 unspecified atom stereocenters. The highest BCUT2D eigenvalue weighted by Crippen LogP contribution is 2.45. The Hall–Kier alpha value is -2.73. The zero-order valence-corrected chi connectivity index (χ0v) is 21.5. The van der Waals surface area contributed by atoms with Gasteiger partial charge in [-0.3, -0.25) is 0 Å². The summed E-state index contributed by atoms with van der Waals surface area (Å²) in [5.41, 5.74) is 2.62. The van der Waals surface area contributed by atoms with E-state index in [2.05, 4.69) is 10.2 Å². The number of sulfonamides is 1. The number of halogens is 2. The Morgan fingerprint density at radius 3 is 2.66 bits per heavy atom. The minimum absolute atomic E-state index is 0.00707. The Morgan fingerprint density at radius 2 is 2.03 bits per heavy atom. The van der Waals surface area contributed by atoms with Gasteiger partial charge in [0, 0.05) is 30.7 Å². The van der Waals surface area contributed by atoms with Gasteiger partial charge in [-0.05, 0) is 48.7 Å². The van der Waals surface area contributed by atoms with E-state index in [1.807, 2.05) is 6.92 Å². The molecule has 2 heterocycles. The summed E-state index contributed by atoms with van der Waals surface area (Å²) in [5, 5.41) is 6.50. The molecule has 12 heteroatoms. The van der Waals surface area contributed by atoms with E-state index in [0.717, 1.165) is 5.56 Å². The molecule has 1 aliphatic heterocycles. The minimum Gasteiger partial charge on any atom is -0.391 e. The van der Waals surface area contributed by atoms with E-state index in [0.29, 0.717) is 27.4 Å².